The summed E-state index contributed by atoms with van der Waals surface area (Å²) in [5, 5.41) is 14.3. The maximum absolute atomic E-state index is 11.8. The molecule has 1 rings (SSSR count). The standard InChI is InChI=1S/C23H40N8O3/c1-8-22(27-30(9-2)20-14-12-10-11-13-15-21(20)33-7)34-17-19(4)29(6)26-16-18(3)31(25)23(32)28(5)24/h10-11,14-16,18H,4,8-9,12-13,17,24-25H2,1-3,5-7H3/b11-10?,20-14?,21-15+,26-16-,27-22+. The number of hydrogen-bond donors (Lipinski definition) is 2. The molecule has 2 amide bonds. The third-order valence-electron chi connectivity index (χ3n) is 4.92. The van der Waals surface area contributed by atoms with Gasteiger partial charge in [-0.15, -0.1) is 5.10 Å². The average Bonchev–Trinajstić information content (AvgIpc) is 2.81. The van der Waals surface area contributed by atoms with Crippen molar-refractivity contribution < 1.29 is 14.3 Å². The second-order valence-corrected chi connectivity index (χ2v) is 7.55. The summed E-state index contributed by atoms with van der Waals surface area (Å²) < 4.78 is 11.5. The van der Waals surface area contributed by atoms with Crippen LogP contribution >= 0.6 is 0 Å². The maximum atomic E-state index is 11.8. The lowest BCUT2D eigenvalue weighted by Crippen LogP contribution is -2.52. The molecule has 11 heteroatoms. The molecule has 0 heterocycles. The van der Waals surface area contributed by atoms with Gasteiger partial charge in [-0.1, -0.05) is 31.7 Å². The molecule has 1 atom stereocenters. The van der Waals surface area contributed by atoms with Crippen molar-refractivity contribution in [3.8, 4) is 0 Å². The number of urea groups is 1. The van der Waals surface area contributed by atoms with Crippen LogP contribution < -0.4 is 11.7 Å². The van der Waals surface area contributed by atoms with Crippen molar-refractivity contribution in [1.82, 2.24) is 20.0 Å². The van der Waals surface area contributed by atoms with E-state index in [1.54, 1.807) is 26.1 Å². The second kappa shape index (κ2) is 14.8. The Bertz CT molecular complexity index is 832. The van der Waals surface area contributed by atoms with Gasteiger partial charge in [0.15, 0.2) is 0 Å². The number of carbonyl (C=O) groups is 1. The van der Waals surface area contributed by atoms with Crippen molar-refractivity contribution in [1.29, 1.82) is 0 Å². The van der Waals surface area contributed by atoms with Gasteiger partial charge in [0.1, 0.15) is 12.4 Å². The Morgan fingerprint density at radius 1 is 1.24 bits per heavy atom. The quantitative estimate of drug-likeness (QED) is 0.117. The Morgan fingerprint density at radius 2 is 1.88 bits per heavy atom. The molecule has 0 aliphatic heterocycles. The predicted molar refractivity (Wildman–Crippen MR) is 136 cm³/mol. The van der Waals surface area contributed by atoms with E-state index in [1.165, 1.54) is 13.3 Å². The molecule has 0 fully saturated rings. The number of nitrogens with two attached hydrogens (primary N) is 2. The summed E-state index contributed by atoms with van der Waals surface area (Å²) in [5.41, 5.74) is 1.51. The lowest BCUT2D eigenvalue weighted by molar-refractivity contribution is 0.159. The minimum atomic E-state index is -0.532. The monoisotopic (exact) mass is 476 g/mol. The van der Waals surface area contributed by atoms with E-state index in [2.05, 4.69) is 29.9 Å². The minimum absolute atomic E-state index is 0.192. The number of carbonyl (C=O) groups excluding carboxylic acids is 1. The van der Waals surface area contributed by atoms with Gasteiger partial charge >= 0.3 is 6.03 Å². The van der Waals surface area contributed by atoms with Crippen molar-refractivity contribution in [3.05, 3.63) is 48.0 Å². The fraction of sp³-hybridized carbons (Fsp3) is 0.522. The van der Waals surface area contributed by atoms with Gasteiger partial charge in [-0.3, -0.25) is 20.0 Å². The van der Waals surface area contributed by atoms with Crippen LogP contribution in [0.2, 0.25) is 0 Å². The van der Waals surface area contributed by atoms with Crippen molar-refractivity contribution >= 4 is 18.1 Å². The number of hydrazone groups is 2. The van der Waals surface area contributed by atoms with Crippen LogP contribution in [-0.2, 0) is 9.47 Å². The summed E-state index contributed by atoms with van der Waals surface area (Å²) >= 11 is 0. The van der Waals surface area contributed by atoms with Crippen LogP contribution in [0.15, 0.2) is 58.2 Å². The third kappa shape index (κ3) is 8.91. The number of nitrogens with zero attached hydrogens (tertiary/aromatic N) is 6. The highest BCUT2D eigenvalue weighted by Gasteiger charge is 2.18. The van der Waals surface area contributed by atoms with Crippen molar-refractivity contribution in [2.45, 2.75) is 46.1 Å². The molecule has 34 heavy (non-hydrogen) atoms. The summed E-state index contributed by atoms with van der Waals surface area (Å²) in [7, 11) is 4.81. The smallest absolute Gasteiger partial charge is 0.348 e. The van der Waals surface area contributed by atoms with Crippen molar-refractivity contribution in [2.24, 2.45) is 21.9 Å². The molecule has 4 N–H and O–H groups in total. The van der Waals surface area contributed by atoms with Crippen LogP contribution in [-0.4, -0.2) is 78.6 Å². The number of likely N-dealkylation sites (N-methyl/N-ethyl adjacent to an activating group) is 2. The number of ether oxygens (including phenoxy) is 2. The maximum Gasteiger partial charge on any atom is 0.348 e. The summed E-state index contributed by atoms with van der Waals surface area (Å²) in [4.78, 5) is 11.8. The Hall–Kier alpha value is -3.31. The van der Waals surface area contributed by atoms with Gasteiger partial charge in [0.05, 0.1) is 24.5 Å². The largest absolute Gasteiger partial charge is 0.495 e. The van der Waals surface area contributed by atoms with Gasteiger partial charge in [0.2, 0.25) is 5.90 Å². The molecule has 0 bridgehead atoms. The van der Waals surface area contributed by atoms with Crippen LogP contribution in [0.3, 0.4) is 0 Å². The van der Waals surface area contributed by atoms with Crippen LogP contribution in [0.1, 0.15) is 40.0 Å². The zero-order chi connectivity index (χ0) is 25.7. The van der Waals surface area contributed by atoms with Gasteiger partial charge in [0.25, 0.3) is 0 Å². The van der Waals surface area contributed by atoms with E-state index in [1.807, 2.05) is 24.9 Å². The first kappa shape index (κ1) is 28.7. The number of hydrogen-bond acceptors (Lipinski definition) is 9. The fourth-order valence-electron chi connectivity index (χ4n) is 2.77. The van der Waals surface area contributed by atoms with Gasteiger partial charge in [-0.25, -0.2) is 16.5 Å². The number of hydrazine groups is 2. The van der Waals surface area contributed by atoms with E-state index < -0.39 is 12.1 Å². The first-order valence-corrected chi connectivity index (χ1v) is 11.3. The molecular weight excluding hydrogens is 436 g/mol. The molecule has 0 aromatic heterocycles. The molecule has 1 unspecified atom stereocenters. The number of methoxy groups -OCH3 is 1. The first-order chi connectivity index (χ1) is 16.2. The van der Waals surface area contributed by atoms with Gasteiger partial charge in [-0.05, 0) is 32.8 Å². The van der Waals surface area contributed by atoms with E-state index in [4.69, 9.17) is 26.3 Å². The molecule has 11 nitrogen and oxygen atoms in total. The SMILES string of the molecule is C=C(CO/C(CC)=N/N(CC)C1=CCC=CC/C=C\1OC)N(C)/N=C\C(C)N(N)C(=O)N(C)N. The van der Waals surface area contributed by atoms with Gasteiger partial charge in [0, 0.05) is 33.3 Å². The predicted octanol–water partition coefficient (Wildman–Crippen LogP) is 2.73. The first-order valence-electron chi connectivity index (χ1n) is 11.3. The zero-order valence-corrected chi connectivity index (χ0v) is 21.3. The number of rotatable bonds is 11. The fourth-order valence-corrected chi connectivity index (χ4v) is 2.77. The Labute approximate surface area is 203 Å². The van der Waals surface area contributed by atoms with E-state index in [0.29, 0.717) is 24.6 Å². The Balaban J connectivity index is 2.81. The summed E-state index contributed by atoms with van der Waals surface area (Å²) in [6.45, 7) is 10.6. The average molecular weight is 477 g/mol. The molecule has 0 spiro atoms. The van der Waals surface area contributed by atoms with E-state index in [9.17, 15) is 4.79 Å². The Morgan fingerprint density at radius 3 is 2.44 bits per heavy atom. The lowest BCUT2D eigenvalue weighted by atomic mass is 10.2. The summed E-state index contributed by atoms with van der Waals surface area (Å²) in [5.74, 6) is 12.5. The zero-order valence-electron chi connectivity index (χ0n) is 21.3. The molecule has 0 aromatic carbocycles. The third-order valence-corrected chi connectivity index (χ3v) is 4.92. The molecule has 190 valence electrons. The van der Waals surface area contributed by atoms with Crippen molar-refractivity contribution in [3.63, 3.8) is 0 Å². The summed E-state index contributed by atoms with van der Waals surface area (Å²) in [6.07, 6.45) is 12.1. The topological polar surface area (TPSA) is 125 Å². The number of allylic oxidation sites excluding steroid dienone is 4. The van der Waals surface area contributed by atoms with Crippen LogP contribution in [0.25, 0.3) is 0 Å². The molecule has 0 aromatic rings. The van der Waals surface area contributed by atoms with Crippen LogP contribution in [0, 0.1) is 0 Å². The summed E-state index contributed by atoms with van der Waals surface area (Å²) in [6, 6.07) is -1.01. The van der Waals surface area contributed by atoms with Crippen LogP contribution in [0.4, 0.5) is 4.79 Å². The van der Waals surface area contributed by atoms with E-state index in [0.717, 1.165) is 34.3 Å². The van der Waals surface area contributed by atoms with E-state index >= 15 is 0 Å². The minimum Gasteiger partial charge on any atom is -0.495 e. The molecule has 0 saturated heterocycles. The number of amides is 2. The highest BCUT2D eigenvalue weighted by Crippen LogP contribution is 2.21. The molecule has 1 aliphatic carbocycles. The normalized spacial score (nSPS) is 16.5. The molecule has 1 aliphatic rings. The second-order valence-electron chi connectivity index (χ2n) is 7.55. The molecule has 0 radical (unpaired) electrons. The van der Waals surface area contributed by atoms with Crippen LogP contribution in [0.5, 0.6) is 0 Å². The highest BCUT2D eigenvalue weighted by atomic mass is 16.5. The molecular formula is C23H40N8O3. The molecule has 0 saturated carbocycles. The highest BCUT2D eigenvalue weighted by molar-refractivity contribution is 5.78. The van der Waals surface area contributed by atoms with Gasteiger partial charge < -0.3 is 9.47 Å². The van der Waals surface area contributed by atoms with Crippen molar-refractivity contribution in [2.75, 3.05) is 34.4 Å². The van der Waals surface area contributed by atoms with Gasteiger partial charge in [-0.2, -0.15) is 5.10 Å². The Kier molecular flexibility index (Phi) is 12.5. The van der Waals surface area contributed by atoms with E-state index in [-0.39, 0.29) is 6.61 Å². The lowest BCUT2D eigenvalue weighted by Gasteiger charge is -2.25.